The highest BCUT2D eigenvalue weighted by Crippen LogP contribution is 2.28. The summed E-state index contributed by atoms with van der Waals surface area (Å²) >= 11 is 0. The molecule has 198 valence electrons. The maximum absolute atomic E-state index is 14.1. The van der Waals surface area contributed by atoms with E-state index in [4.69, 9.17) is 9.15 Å². The van der Waals surface area contributed by atoms with Crippen molar-refractivity contribution in [1.29, 1.82) is 0 Å². The van der Waals surface area contributed by atoms with Crippen LogP contribution in [0.3, 0.4) is 0 Å². The molecule has 0 unspecified atom stereocenters. The molecule has 2 fully saturated rings. The summed E-state index contributed by atoms with van der Waals surface area (Å²) in [6.45, 7) is 3.27. The number of ether oxygens (including phenoxy) is 1. The van der Waals surface area contributed by atoms with E-state index in [0.717, 1.165) is 39.1 Å². The summed E-state index contributed by atoms with van der Waals surface area (Å²) in [6, 6.07) is 9.71. The number of piperidine rings is 1. The van der Waals surface area contributed by atoms with Crippen molar-refractivity contribution >= 4 is 17.2 Å². The van der Waals surface area contributed by atoms with Crippen LogP contribution >= 0.6 is 0 Å². The second-order valence-electron chi connectivity index (χ2n) is 9.57. The Morgan fingerprint density at radius 2 is 1.95 bits per heavy atom. The summed E-state index contributed by atoms with van der Waals surface area (Å²) in [5, 5.41) is 7.05. The lowest BCUT2D eigenvalue weighted by atomic mass is 9.93. The number of pyridine rings is 1. The Labute approximate surface area is 215 Å². The zero-order valence-corrected chi connectivity index (χ0v) is 20.3. The fraction of sp³-hybridized carbons (Fsp3) is 0.385. The zero-order valence-electron chi connectivity index (χ0n) is 20.3. The van der Waals surface area contributed by atoms with E-state index in [0.29, 0.717) is 28.6 Å². The van der Waals surface area contributed by atoms with Crippen LogP contribution in [0, 0.1) is 11.7 Å². The van der Waals surface area contributed by atoms with E-state index in [9.17, 15) is 18.0 Å². The summed E-state index contributed by atoms with van der Waals surface area (Å²) in [7, 11) is 0. The molecule has 0 aliphatic carbocycles. The first-order valence-corrected chi connectivity index (χ1v) is 12.4. The van der Waals surface area contributed by atoms with Crippen molar-refractivity contribution in [1.82, 2.24) is 24.5 Å². The van der Waals surface area contributed by atoms with Crippen LogP contribution in [0.4, 0.5) is 18.9 Å². The van der Waals surface area contributed by atoms with Gasteiger partial charge in [0.15, 0.2) is 0 Å². The number of halogens is 3. The molecule has 6 rings (SSSR count). The number of carbonyl (C=O) groups is 1. The van der Waals surface area contributed by atoms with Gasteiger partial charge in [0.25, 0.3) is 5.89 Å². The van der Waals surface area contributed by atoms with E-state index < -0.39 is 18.1 Å². The highest BCUT2D eigenvalue weighted by atomic mass is 19.3. The molecule has 0 bridgehead atoms. The predicted octanol–water partition coefficient (Wildman–Crippen LogP) is 4.11. The van der Waals surface area contributed by atoms with Gasteiger partial charge in [0.2, 0.25) is 11.8 Å². The average Bonchev–Trinajstić information content (AvgIpc) is 3.53. The third-order valence-electron chi connectivity index (χ3n) is 7.11. The minimum Gasteiger partial charge on any atom is -0.415 e. The number of aromatic nitrogens is 4. The van der Waals surface area contributed by atoms with E-state index in [2.05, 4.69) is 20.1 Å². The summed E-state index contributed by atoms with van der Waals surface area (Å²) in [6.07, 6.45) is 2.06. The molecular weight excluding hydrogens is 501 g/mol. The number of likely N-dealkylation sites (tertiary alicyclic amines) is 1. The summed E-state index contributed by atoms with van der Waals surface area (Å²) in [4.78, 5) is 22.3. The van der Waals surface area contributed by atoms with Crippen LogP contribution in [0.25, 0.3) is 17.1 Å². The van der Waals surface area contributed by atoms with Crippen molar-refractivity contribution in [2.75, 3.05) is 31.2 Å². The number of carbonyl (C=O) groups excluding carboxylic acids is 1. The Morgan fingerprint density at radius 3 is 2.63 bits per heavy atom. The van der Waals surface area contributed by atoms with Gasteiger partial charge in [0.1, 0.15) is 11.5 Å². The number of hydrogen-bond acceptors (Lipinski definition) is 7. The first kappa shape index (κ1) is 24.6. The summed E-state index contributed by atoms with van der Waals surface area (Å²) in [5.74, 6) is -1.46. The van der Waals surface area contributed by atoms with Gasteiger partial charge in [-0.2, -0.15) is 8.78 Å². The molecule has 2 saturated heterocycles. The molecule has 9 nitrogen and oxygen atoms in total. The Morgan fingerprint density at radius 1 is 1.13 bits per heavy atom. The van der Waals surface area contributed by atoms with E-state index in [1.807, 2.05) is 0 Å². The first-order valence-electron chi connectivity index (χ1n) is 12.4. The van der Waals surface area contributed by atoms with Crippen LogP contribution in [-0.2, 0) is 16.1 Å². The van der Waals surface area contributed by atoms with Crippen molar-refractivity contribution in [2.24, 2.45) is 5.92 Å². The lowest BCUT2D eigenvalue weighted by molar-refractivity contribution is -0.125. The molecule has 1 amide bonds. The van der Waals surface area contributed by atoms with Crippen molar-refractivity contribution in [2.45, 2.75) is 31.9 Å². The second-order valence-corrected chi connectivity index (χ2v) is 9.57. The molecular formula is C26H25F3N6O3. The van der Waals surface area contributed by atoms with Crippen LogP contribution in [0.5, 0.6) is 0 Å². The van der Waals surface area contributed by atoms with Crippen LogP contribution in [0.1, 0.15) is 30.9 Å². The van der Waals surface area contributed by atoms with Gasteiger partial charge in [-0.05, 0) is 56.3 Å². The molecule has 12 heteroatoms. The van der Waals surface area contributed by atoms with Gasteiger partial charge in [0, 0.05) is 29.6 Å². The maximum Gasteiger partial charge on any atom is 0.314 e. The van der Waals surface area contributed by atoms with Crippen molar-refractivity contribution in [3.63, 3.8) is 0 Å². The molecule has 3 aromatic heterocycles. The number of benzene rings is 1. The van der Waals surface area contributed by atoms with Crippen LogP contribution in [0.2, 0.25) is 0 Å². The van der Waals surface area contributed by atoms with Crippen LogP contribution in [0.15, 0.2) is 53.2 Å². The molecule has 2 aliphatic rings. The van der Waals surface area contributed by atoms with Crippen molar-refractivity contribution in [3.8, 4) is 11.5 Å². The minimum absolute atomic E-state index is 0.0382. The third-order valence-corrected chi connectivity index (χ3v) is 7.11. The van der Waals surface area contributed by atoms with E-state index in [1.54, 1.807) is 46.0 Å². The second kappa shape index (κ2) is 10.2. The van der Waals surface area contributed by atoms with Gasteiger partial charge in [0.05, 0.1) is 31.5 Å². The van der Waals surface area contributed by atoms with E-state index >= 15 is 0 Å². The number of anilines is 1. The predicted molar refractivity (Wildman–Crippen MR) is 130 cm³/mol. The van der Waals surface area contributed by atoms with Crippen molar-refractivity contribution in [3.05, 3.63) is 66.2 Å². The number of rotatable bonds is 7. The fourth-order valence-electron chi connectivity index (χ4n) is 4.95. The normalized spacial score (nSPS) is 17.3. The van der Waals surface area contributed by atoms with Crippen LogP contribution in [-0.4, -0.2) is 62.7 Å². The highest BCUT2D eigenvalue weighted by Gasteiger charge is 2.34. The molecule has 0 spiro atoms. The largest absolute Gasteiger partial charge is 0.415 e. The summed E-state index contributed by atoms with van der Waals surface area (Å²) < 4.78 is 51.9. The molecule has 5 heterocycles. The van der Waals surface area contributed by atoms with Gasteiger partial charge < -0.3 is 18.5 Å². The number of nitrogens with zero attached hydrogens (tertiary/aromatic N) is 6. The fourth-order valence-corrected chi connectivity index (χ4v) is 4.95. The lowest BCUT2D eigenvalue weighted by Gasteiger charge is -2.41. The zero-order chi connectivity index (χ0) is 26.2. The molecule has 0 saturated carbocycles. The Kier molecular flexibility index (Phi) is 6.58. The molecule has 38 heavy (non-hydrogen) atoms. The maximum atomic E-state index is 14.1. The lowest BCUT2D eigenvalue weighted by Crippen LogP contribution is -2.53. The molecule has 4 aromatic rings. The van der Waals surface area contributed by atoms with E-state index in [1.165, 1.54) is 12.1 Å². The Hall–Kier alpha value is -3.77. The number of fused-ring (bicyclic) bond motifs is 1. The Balaban J connectivity index is 1.24. The van der Waals surface area contributed by atoms with Gasteiger partial charge >= 0.3 is 6.43 Å². The third kappa shape index (κ3) is 4.88. The van der Waals surface area contributed by atoms with Gasteiger partial charge in [-0.25, -0.2) is 9.37 Å². The number of imidazole rings is 1. The number of amides is 1. The van der Waals surface area contributed by atoms with E-state index in [-0.39, 0.29) is 24.3 Å². The standard InChI is InChI=1S/C26H25F3N6O3/c27-18-2-1-3-20(11-18)35(26(36)16-4-7-33(8-5-16)21-14-37-15-21)13-19-12-34-9-6-17(10-22(34)30-19)24-31-32-25(38-24)23(28)29/h1-3,6,9-12,16,21,23H,4-5,7-8,13-15H2. The highest BCUT2D eigenvalue weighted by molar-refractivity contribution is 5.95. The van der Waals surface area contributed by atoms with Gasteiger partial charge in [-0.15, -0.1) is 10.2 Å². The minimum atomic E-state index is -2.86. The average molecular weight is 527 g/mol. The monoisotopic (exact) mass is 526 g/mol. The molecule has 0 atom stereocenters. The molecule has 1 aromatic carbocycles. The smallest absolute Gasteiger partial charge is 0.314 e. The Bertz CT molecular complexity index is 1450. The first-order chi connectivity index (χ1) is 18.4. The number of hydrogen-bond donors (Lipinski definition) is 0. The quantitative estimate of drug-likeness (QED) is 0.358. The van der Waals surface area contributed by atoms with Crippen LogP contribution < -0.4 is 4.90 Å². The molecule has 0 radical (unpaired) electrons. The topological polar surface area (TPSA) is 89.0 Å². The molecule has 0 N–H and O–H groups in total. The molecule has 2 aliphatic heterocycles. The van der Waals surface area contributed by atoms with Crippen molar-refractivity contribution < 1.29 is 27.1 Å². The summed E-state index contributed by atoms with van der Waals surface area (Å²) in [5.41, 5.74) is 2.00. The number of alkyl halides is 2. The SMILES string of the molecule is O=C(C1CCN(C2COC2)CC1)N(Cc1cn2ccc(-c3nnc(C(F)F)o3)cc2n1)c1cccc(F)c1. The van der Waals surface area contributed by atoms with Gasteiger partial charge in [-0.3, -0.25) is 9.69 Å². The van der Waals surface area contributed by atoms with Gasteiger partial charge in [-0.1, -0.05) is 6.07 Å².